The number of hydrogen-bond acceptors (Lipinski definition) is 4. The number of carbonyl (C=O) groups excluding carboxylic acids is 1. The van der Waals surface area contributed by atoms with Crippen LogP contribution in [-0.4, -0.2) is 32.0 Å². The van der Waals surface area contributed by atoms with E-state index in [1.807, 2.05) is 51.1 Å². The minimum absolute atomic E-state index is 0.0253. The lowest BCUT2D eigenvalue weighted by molar-refractivity contribution is -0.118. The molecule has 0 bridgehead atoms. The Hall–Kier alpha value is -2.69. The molecule has 1 aliphatic carbocycles. The van der Waals surface area contributed by atoms with Crippen molar-refractivity contribution < 1.29 is 9.53 Å². The van der Waals surface area contributed by atoms with Crippen molar-refractivity contribution in [1.82, 2.24) is 0 Å². The van der Waals surface area contributed by atoms with Gasteiger partial charge in [0.25, 0.3) is 0 Å². The van der Waals surface area contributed by atoms with Crippen molar-refractivity contribution in [1.29, 1.82) is 0 Å². The van der Waals surface area contributed by atoms with E-state index in [-0.39, 0.29) is 17.2 Å². The summed E-state index contributed by atoms with van der Waals surface area (Å²) in [6.07, 6.45) is 5.02. The Morgan fingerprint density at radius 2 is 2.26 bits per heavy atom. The van der Waals surface area contributed by atoms with Gasteiger partial charge in [0.15, 0.2) is 5.76 Å². The standard InChI is InChI=1S/C22H29N3O2/c1-6-11-22(15-27-20(14-24-7-2)17(4)23-5)13-19(22)21(26)25-18-10-8-9-16(3)12-18/h6,8-10,12,14,19H,1,5,7,11,13,15H2,2-4H3,(H,25,26)/b20-17+,24-14?/t19-,22+/m0/s1. The van der Waals surface area contributed by atoms with Crippen LogP contribution in [0.4, 0.5) is 5.69 Å². The maximum Gasteiger partial charge on any atom is 0.228 e. The van der Waals surface area contributed by atoms with Crippen LogP contribution >= 0.6 is 0 Å². The lowest BCUT2D eigenvalue weighted by atomic mass is 10.00. The van der Waals surface area contributed by atoms with Crippen LogP contribution in [0, 0.1) is 18.3 Å². The summed E-state index contributed by atoms with van der Waals surface area (Å²) in [5.41, 5.74) is 2.38. The molecule has 5 heteroatoms. The Bertz CT molecular complexity index is 767. The number of ether oxygens (including phenoxy) is 1. The highest BCUT2D eigenvalue weighted by Crippen LogP contribution is 2.56. The quantitative estimate of drug-likeness (QED) is 0.374. The van der Waals surface area contributed by atoms with Crippen molar-refractivity contribution >= 4 is 24.5 Å². The van der Waals surface area contributed by atoms with Gasteiger partial charge in [-0.25, -0.2) is 0 Å². The first-order chi connectivity index (χ1) is 13.0. The van der Waals surface area contributed by atoms with Gasteiger partial charge < -0.3 is 10.1 Å². The monoisotopic (exact) mass is 367 g/mol. The molecule has 1 N–H and O–H groups in total. The predicted molar refractivity (Wildman–Crippen MR) is 112 cm³/mol. The lowest BCUT2D eigenvalue weighted by Gasteiger charge is -2.18. The molecule has 27 heavy (non-hydrogen) atoms. The van der Waals surface area contributed by atoms with Gasteiger partial charge in [-0.1, -0.05) is 18.2 Å². The zero-order valence-corrected chi connectivity index (χ0v) is 16.5. The molecule has 0 unspecified atom stereocenters. The zero-order valence-electron chi connectivity index (χ0n) is 16.5. The maximum absolute atomic E-state index is 12.7. The molecule has 2 rings (SSSR count). The second-order valence-corrected chi connectivity index (χ2v) is 6.99. The average molecular weight is 367 g/mol. The van der Waals surface area contributed by atoms with Crippen LogP contribution in [0.1, 0.15) is 32.3 Å². The molecule has 1 saturated carbocycles. The van der Waals surface area contributed by atoms with E-state index in [0.717, 1.165) is 24.1 Å². The van der Waals surface area contributed by atoms with Crippen molar-refractivity contribution in [3.05, 3.63) is 53.9 Å². The van der Waals surface area contributed by atoms with Gasteiger partial charge in [0.05, 0.1) is 18.5 Å². The smallest absolute Gasteiger partial charge is 0.228 e. The Morgan fingerprint density at radius 1 is 1.48 bits per heavy atom. The summed E-state index contributed by atoms with van der Waals surface area (Å²) in [4.78, 5) is 20.9. The highest BCUT2D eigenvalue weighted by molar-refractivity contribution is 5.95. The molecule has 0 saturated heterocycles. The highest BCUT2D eigenvalue weighted by atomic mass is 16.5. The summed E-state index contributed by atoms with van der Waals surface area (Å²) in [5, 5.41) is 3.02. The fourth-order valence-corrected chi connectivity index (χ4v) is 3.11. The Morgan fingerprint density at radius 3 is 2.89 bits per heavy atom. The number of rotatable bonds is 10. The minimum Gasteiger partial charge on any atom is -0.489 e. The third kappa shape index (κ3) is 5.39. The van der Waals surface area contributed by atoms with Crippen LogP contribution in [0.25, 0.3) is 0 Å². The summed E-state index contributed by atoms with van der Waals surface area (Å²) in [7, 11) is 0. The van der Waals surface area contributed by atoms with Gasteiger partial charge in [0.1, 0.15) is 0 Å². The molecule has 1 fully saturated rings. The van der Waals surface area contributed by atoms with Crippen molar-refractivity contribution in [3.63, 3.8) is 0 Å². The average Bonchev–Trinajstić information content (AvgIpc) is 3.36. The lowest BCUT2D eigenvalue weighted by Crippen LogP contribution is -2.22. The number of nitrogens with one attached hydrogen (secondary N) is 1. The van der Waals surface area contributed by atoms with E-state index in [4.69, 9.17) is 4.74 Å². The number of carbonyl (C=O) groups is 1. The third-order valence-electron chi connectivity index (χ3n) is 4.84. The maximum atomic E-state index is 12.7. The van der Waals surface area contributed by atoms with Crippen molar-refractivity contribution in [2.24, 2.45) is 21.3 Å². The van der Waals surface area contributed by atoms with Gasteiger partial charge in [-0.2, -0.15) is 0 Å². The molecule has 0 aromatic heterocycles. The first kappa shape index (κ1) is 20.6. The molecule has 1 amide bonds. The second-order valence-electron chi connectivity index (χ2n) is 6.99. The molecule has 0 heterocycles. The van der Waals surface area contributed by atoms with Crippen molar-refractivity contribution in [2.75, 3.05) is 18.5 Å². The summed E-state index contributed by atoms with van der Waals surface area (Å²) in [6.45, 7) is 14.3. The number of nitrogens with zero attached hydrogens (tertiary/aromatic N) is 2. The summed E-state index contributed by atoms with van der Waals surface area (Å²) < 4.78 is 6.00. The van der Waals surface area contributed by atoms with Crippen LogP contribution in [0.2, 0.25) is 0 Å². The van der Waals surface area contributed by atoms with E-state index in [2.05, 4.69) is 28.6 Å². The third-order valence-corrected chi connectivity index (χ3v) is 4.84. The fourth-order valence-electron chi connectivity index (χ4n) is 3.11. The van der Waals surface area contributed by atoms with Gasteiger partial charge in [-0.05, 0) is 58.0 Å². The van der Waals surface area contributed by atoms with Gasteiger partial charge in [-0.15, -0.1) is 6.58 Å². The van der Waals surface area contributed by atoms with Gasteiger partial charge >= 0.3 is 0 Å². The molecule has 0 radical (unpaired) electrons. The van der Waals surface area contributed by atoms with E-state index < -0.39 is 0 Å². The number of amides is 1. The first-order valence-electron chi connectivity index (χ1n) is 9.24. The number of aliphatic imine (C=N–C) groups is 2. The van der Waals surface area contributed by atoms with E-state index >= 15 is 0 Å². The normalized spacial score (nSPS) is 22.1. The second kappa shape index (κ2) is 9.31. The Kier molecular flexibility index (Phi) is 7.11. The molecular weight excluding hydrogens is 338 g/mol. The van der Waals surface area contributed by atoms with Crippen LogP contribution in [0.15, 0.2) is 58.4 Å². The summed E-state index contributed by atoms with van der Waals surface area (Å²) >= 11 is 0. The molecule has 0 spiro atoms. The van der Waals surface area contributed by atoms with E-state index in [1.165, 1.54) is 0 Å². The number of anilines is 1. The van der Waals surface area contributed by atoms with E-state index in [0.29, 0.717) is 24.6 Å². The van der Waals surface area contributed by atoms with Gasteiger partial charge in [-0.3, -0.25) is 14.8 Å². The molecule has 0 aliphatic heterocycles. The summed E-state index contributed by atoms with van der Waals surface area (Å²) in [6, 6.07) is 7.81. The molecule has 1 aliphatic rings. The Labute approximate surface area is 162 Å². The van der Waals surface area contributed by atoms with Gasteiger partial charge in [0, 0.05) is 23.6 Å². The van der Waals surface area contributed by atoms with Crippen LogP contribution in [0.3, 0.4) is 0 Å². The number of benzene rings is 1. The van der Waals surface area contributed by atoms with Crippen molar-refractivity contribution in [2.45, 2.75) is 33.6 Å². The van der Waals surface area contributed by atoms with Crippen LogP contribution in [-0.2, 0) is 9.53 Å². The molecular formula is C22H29N3O2. The molecule has 1 aromatic rings. The first-order valence-corrected chi connectivity index (χ1v) is 9.24. The minimum atomic E-state index is -0.234. The SMILES string of the molecule is C=CC[C@]1(CO/C(C=NCC)=C(\C)N=C)C[C@H]1C(=O)Nc1cccc(C)c1. The molecule has 5 nitrogen and oxygen atoms in total. The molecule has 1 aromatic carbocycles. The summed E-state index contributed by atoms with van der Waals surface area (Å²) in [5.74, 6) is 0.523. The molecule has 2 atom stereocenters. The number of allylic oxidation sites excluding steroid dienone is 3. The topological polar surface area (TPSA) is 63.1 Å². The number of aryl methyl sites for hydroxylation is 1. The number of hydrogen-bond donors (Lipinski definition) is 1. The van der Waals surface area contributed by atoms with Crippen molar-refractivity contribution in [3.8, 4) is 0 Å². The van der Waals surface area contributed by atoms with Crippen LogP contribution in [0.5, 0.6) is 0 Å². The van der Waals surface area contributed by atoms with Crippen LogP contribution < -0.4 is 5.32 Å². The van der Waals surface area contributed by atoms with E-state index in [9.17, 15) is 4.79 Å². The predicted octanol–water partition coefficient (Wildman–Crippen LogP) is 4.56. The molecule has 144 valence electrons. The Balaban J connectivity index is 2.06. The zero-order chi connectivity index (χ0) is 19.9. The highest BCUT2D eigenvalue weighted by Gasteiger charge is 2.58. The van der Waals surface area contributed by atoms with E-state index in [1.54, 1.807) is 6.21 Å². The fraction of sp³-hybridized carbons (Fsp3) is 0.409. The largest absolute Gasteiger partial charge is 0.489 e. The van der Waals surface area contributed by atoms with Gasteiger partial charge in [0.2, 0.25) is 5.91 Å².